The number of hydrogen-bond donors (Lipinski definition) is 1. The van der Waals surface area contributed by atoms with Gasteiger partial charge in [0.05, 0.1) is 13.2 Å². The van der Waals surface area contributed by atoms with Crippen LogP contribution in [0, 0.1) is 0 Å². The summed E-state index contributed by atoms with van der Waals surface area (Å²) in [6.07, 6.45) is 2.14. The molecule has 98 valence electrons. The molecule has 1 aliphatic heterocycles. The second kappa shape index (κ2) is 4.81. The minimum atomic E-state index is 0.470. The Labute approximate surface area is 108 Å². The van der Waals surface area contributed by atoms with Gasteiger partial charge in [-0.3, -0.25) is 0 Å². The topological polar surface area (TPSA) is 30.5 Å². The van der Waals surface area contributed by atoms with Gasteiger partial charge in [0, 0.05) is 12.5 Å². The maximum absolute atomic E-state index is 5.78. The molecule has 1 aliphatic carbocycles. The fourth-order valence-corrected chi connectivity index (χ4v) is 3.02. The molecule has 2 atom stereocenters. The molecular weight excluding hydrogens is 226 g/mol. The van der Waals surface area contributed by atoms with Crippen LogP contribution < -0.4 is 14.8 Å². The molecule has 2 unspecified atom stereocenters. The van der Waals surface area contributed by atoms with Crippen LogP contribution in [0.5, 0.6) is 11.5 Å². The van der Waals surface area contributed by atoms with E-state index in [0.717, 1.165) is 37.7 Å². The van der Waals surface area contributed by atoms with Crippen molar-refractivity contribution in [2.75, 3.05) is 19.8 Å². The number of ether oxygens (including phenoxy) is 2. The molecule has 3 nitrogen and oxygen atoms in total. The van der Waals surface area contributed by atoms with E-state index in [1.54, 1.807) is 0 Å². The maximum atomic E-state index is 5.78. The normalized spacial score (nSPS) is 25.7. The lowest BCUT2D eigenvalue weighted by Crippen LogP contribution is -2.18. The highest BCUT2D eigenvalue weighted by Gasteiger charge is 2.30. The van der Waals surface area contributed by atoms with Crippen LogP contribution in [0.15, 0.2) is 12.1 Å². The second-order valence-corrected chi connectivity index (χ2v) is 5.23. The van der Waals surface area contributed by atoms with E-state index in [2.05, 4.69) is 31.3 Å². The highest BCUT2D eigenvalue weighted by atomic mass is 16.5. The molecule has 18 heavy (non-hydrogen) atoms. The summed E-state index contributed by atoms with van der Waals surface area (Å²) in [5.74, 6) is 2.44. The number of hydrogen-bond acceptors (Lipinski definition) is 3. The average molecular weight is 247 g/mol. The van der Waals surface area contributed by atoms with Crippen LogP contribution >= 0.6 is 0 Å². The van der Waals surface area contributed by atoms with Gasteiger partial charge in [-0.15, -0.1) is 0 Å². The standard InChI is InChI=1S/C15H21NO2/c1-3-16-13-7-10(2)11-8-14-15(9-12(11)13)18-6-4-5-17-14/h8-10,13,16H,3-7H2,1-2H3. The van der Waals surface area contributed by atoms with Crippen molar-refractivity contribution in [3.05, 3.63) is 23.3 Å². The SMILES string of the molecule is CCNC1CC(C)c2cc3c(cc21)OCCCO3. The van der Waals surface area contributed by atoms with Gasteiger partial charge < -0.3 is 14.8 Å². The van der Waals surface area contributed by atoms with Gasteiger partial charge in [-0.1, -0.05) is 13.8 Å². The lowest BCUT2D eigenvalue weighted by molar-refractivity contribution is 0.296. The van der Waals surface area contributed by atoms with Crippen LogP contribution in [0.4, 0.5) is 0 Å². The molecule has 0 aromatic heterocycles. The van der Waals surface area contributed by atoms with Gasteiger partial charge in [0.1, 0.15) is 0 Å². The molecule has 0 bridgehead atoms. The van der Waals surface area contributed by atoms with E-state index >= 15 is 0 Å². The van der Waals surface area contributed by atoms with Crippen molar-refractivity contribution in [1.82, 2.24) is 5.32 Å². The van der Waals surface area contributed by atoms with Gasteiger partial charge in [0.25, 0.3) is 0 Å². The Kier molecular flexibility index (Phi) is 3.16. The monoisotopic (exact) mass is 247 g/mol. The van der Waals surface area contributed by atoms with Crippen LogP contribution in [0.1, 0.15) is 49.8 Å². The van der Waals surface area contributed by atoms with Gasteiger partial charge in [-0.25, -0.2) is 0 Å². The molecule has 3 rings (SSSR count). The number of fused-ring (bicyclic) bond motifs is 2. The molecule has 0 radical (unpaired) electrons. The fourth-order valence-electron chi connectivity index (χ4n) is 3.02. The Morgan fingerprint density at radius 1 is 1.17 bits per heavy atom. The van der Waals surface area contributed by atoms with Crippen LogP contribution in [0.3, 0.4) is 0 Å². The predicted molar refractivity (Wildman–Crippen MR) is 71.5 cm³/mol. The smallest absolute Gasteiger partial charge is 0.161 e. The molecule has 0 amide bonds. The summed E-state index contributed by atoms with van der Waals surface area (Å²) >= 11 is 0. The quantitative estimate of drug-likeness (QED) is 0.871. The average Bonchev–Trinajstić information content (AvgIpc) is 2.55. The Bertz CT molecular complexity index is 444. The summed E-state index contributed by atoms with van der Waals surface area (Å²) in [6.45, 7) is 6.97. The highest BCUT2D eigenvalue weighted by Crippen LogP contribution is 2.45. The Balaban J connectivity index is 2.00. The summed E-state index contributed by atoms with van der Waals surface area (Å²) in [7, 11) is 0. The highest BCUT2D eigenvalue weighted by molar-refractivity contribution is 5.52. The van der Waals surface area contributed by atoms with E-state index in [1.807, 2.05) is 0 Å². The molecule has 2 aliphatic rings. The van der Waals surface area contributed by atoms with E-state index < -0.39 is 0 Å². The van der Waals surface area contributed by atoms with E-state index in [-0.39, 0.29) is 0 Å². The summed E-state index contributed by atoms with van der Waals surface area (Å²) in [5.41, 5.74) is 2.82. The molecule has 0 saturated heterocycles. The Hall–Kier alpha value is -1.22. The van der Waals surface area contributed by atoms with Crippen LogP contribution in [0.2, 0.25) is 0 Å². The zero-order chi connectivity index (χ0) is 12.5. The van der Waals surface area contributed by atoms with Crippen molar-refractivity contribution in [1.29, 1.82) is 0 Å². The fraction of sp³-hybridized carbons (Fsp3) is 0.600. The van der Waals surface area contributed by atoms with Gasteiger partial charge in [0.15, 0.2) is 11.5 Å². The Morgan fingerprint density at radius 2 is 1.83 bits per heavy atom. The van der Waals surface area contributed by atoms with Crippen molar-refractivity contribution < 1.29 is 9.47 Å². The minimum absolute atomic E-state index is 0.470. The van der Waals surface area contributed by atoms with Crippen molar-refractivity contribution >= 4 is 0 Å². The molecule has 0 fully saturated rings. The first kappa shape index (κ1) is 11.8. The molecule has 1 N–H and O–H groups in total. The molecule has 3 heteroatoms. The summed E-state index contributed by atoms with van der Waals surface area (Å²) < 4.78 is 11.6. The minimum Gasteiger partial charge on any atom is -0.490 e. The molecule has 1 aromatic rings. The molecule has 1 aromatic carbocycles. The number of nitrogens with one attached hydrogen (secondary N) is 1. The van der Waals surface area contributed by atoms with Crippen molar-refractivity contribution in [3.63, 3.8) is 0 Å². The van der Waals surface area contributed by atoms with Gasteiger partial charge in [-0.2, -0.15) is 0 Å². The van der Waals surface area contributed by atoms with E-state index in [0.29, 0.717) is 12.0 Å². The maximum Gasteiger partial charge on any atom is 0.161 e. The lowest BCUT2D eigenvalue weighted by Gasteiger charge is -2.15. The predicted octanol–water partition coefficient (Wildman–Crippen LogP) is 3.01. The zero-order valence-electron chi connectivity index (χ0n) is 11.2. The molecule has 0 saturated carbocycles. The number of rotatable bonds is 2. The molecule has 0 spiro atoms. The van der Waals surface area contributed by atoms with Crippen LogP contribution in [0.25, 0.3) is 0 Å². The lowest BCUT2D eigenvalue weighted by atomic mass is 10.0. The summed E-state index contributed by atoms with van der Waals surface area (Å²) in [5, 5.41) is 3.56. The van der Waals surface area contributed by atoms with Crippen molar-refractivity contribution in [3.8, 4) is 11.5 Å². The molecular formula is C15H21NO2. The third-order valence-corrected chi connectivity index (χ3v) is 3.90. The summed E-state index contributed by atoms with van der Waals surface area (Å²) in [6, 6.07) is 4.85. The Morgan fingerprint density at radius 3 is 2.50 bits per heavy atom. The third kappa shape index (κ3) is 1.97. The van der Waals surface area contributed by atoms with Crippen LogP contribution in [-0.2, 0) is 0 Å². The van der Waals surface area contributed by atoms with Gasteiger partial charge in [-0.05, 0) is 42.1 Å². The van der Waals surface area contributed by atoms with E-state index in [4.69, 9.17) is 9.47 Å². The number of benzene rings is 1. The van der Waals surface area contributed by atoms with E-state index in [1.165, 1.54) is 17.5 Å². The molecule has 1 heterocycles. The van der Waals surface area contributed by atoms with Gasteiger partial charge in [0.2, 0.25) is 0 Å². The third-order valence-electron chi connectivity index (χ3n) is 3.90. The first-order chi connectivity index (χ1) is 8.79. The zero-order valence-corrected chi connectivity index (χ0v) is 11.2. The second-order valence-electron chi connectivity index (χ2n) is 5.23. The largest absolute Gasteiger partial charge is 0.490 e. The van der Waals surface area contributed by atoms with Crippen molar-refractivity contribution in [2.45, 2.75) is 38.6 Å². The van der Waals surface area contributed by atoms with Crippen molar-refractivity contribution in [2.24, 2.45) is 0 Å². The first-order valence-electron chi connectivity index (χ1n) is 6.96. The van der Waals surface area contributed by atoms with Crippen LogP contribution in [-0.4, -0.2) is 19.8 Å². The van der Waals surface area contributed by atoms with Gasteiger partial charge >= 0.3 is 0 Å². The first-order valence-corrected chi connectivity index (χ1v) is 6.96. The summed E-state index contributed by atoms with van der Waals surface area (Å²) in [4.78, 5) is 0. The van der Waals surface area contributed by atoms with E-state index in [9.17, 15) is 0 Å².